The Morgan fingerprint density at radius 1 is 0.517 bits per heavy atom. The number of benzene rings is 3. The summed E-state index contributed by atoms with van der Waals surface area (Å²) in [6.07, 6.45) is 8.19. The molecule has 2 heterocycles. The molecule has 5 rings (SSSR count). The van der Waals surface area contributed by atoms with E-state index in [0.29, 0.717) is 0 Å². The number of rotatable bonds is 4. The summed E-state index contributed by atoms with van der Waals surface area (Å²) >= 11 is 0. The third-order valence-corrected chi connectivity index (χ3v) is 4.65. The molecule has 0 saturated heterocycles. The summed E-state index contributed by atoms with van der Waals surface area (Å²) in [6.45, 7) is 4.13. The predicted molar refractivity (Wildman–Crippen MR) is 114 cm³/mol. The molecule has 3 aromatic carbocycles. The average molecular weight is 558 g/mol. The molecule has 0 aromatic heterocycles. The van der Waals surface area contributed by atoms with Crippen LogP contribution in [0.5, 0.6) is 0 Å². The van der Waals surface area contributed by atoms with Crippen molar-refractivity contribution in [1.82, 2.24) is 0 Å². The van der Waals surface area contributed by atoms with Gasteiger partial charge in [-0.3, -0.25) is 0 Å². The maximum absolute atomic E-state index is 3.25. The topological polar surface area (TPSA) is 13.0 Å². The van der Waals surface area contributed by atoms with E-state index >= 15 is 0 Å². The van der Waals surface area contributed by atoms with Crippen LogP contribution in [0.2, 0.25) is 0 Å². The van der Waals surface area contributed by atoms with Gasteiger partial charge in [0.25, 0.3) is 0 Å². The van der Waals surface area contributed by atoms with E-state index in [0.717, 1.165) is 22.7 Å². The summed E-state index contributed by atoms with van der Waals surface area (Å²) in [4.78, 5) is 8.36. The van der Waals surface area contributed by atoms with Gasteiger partial charge in [0.1, 0.15) is 0 Å². The SMILES string of the molecule is [Pt+4].[c-]1ccccc1N1C=CN(c2ccccc2N2C=CN(c3[c-]cccc3)[CH-]2)[CH-]1. The van der Waals surface area contributed by atoms with E-state index in [1.54, 1.807) is 0 Å². The predicted octanol–water partition coefficient (Wildman–Crippen LogP) is 5.12. The quantitative estimate of drug-likeness (QED) is 0.413. The van der Waals surface area contributed by atoms with Crippen molar-refractivity contribution in [3.05, 3.63) is 123 Å². The molecule has 0 unspecified atom stereocenters. The van der Waals surface area contributed by atoms with E-state index in [-0.39, 0.29) is 21.1 Å². The molecule has 0 N–H and O–H groups in total. The van der Waals surface area contributed by atoms with Gasteiger partial charge in [0.05, 0.1) is 0 Å². The van der Waals surface area contributed by atoms with Crippen LogP contribution in [0.25, 0.3) is 0 Å². The van der Waals surface area contributed by atoms with Crippen molar-refractivity contribution < 1.29 is 21.1 Å². The molecular weight excluding hydrogens is 539 g/mol. The fourth-order valence-electron chi connectivity index (χ4n) is 3.27. The minimum absolute atomic E-state index is 0. The molecule has 0 aliphatic carbocycles. The van der Waals surface area contributed by atoms with Gasteiger partial charge in [-0.1, -0.05) is 12.1 Å². The maximum Gasteiger partial charge on any atom is 4.00 e. The van der Waals surface area contributed by atoms with Crippen LogP contribution in [0.3, 0.4) is 0 Å². The van der Waals surface area contributed by atoms with Gasteiger partial charge >= 0.3 is 21.1 Å². The van der Waals surface area contributed by atoms with Crippen molar-refractivity contribution >= 4 is 22.7 Å². The maximum atomic E-state index is 3.25. The number of hydrogen-bond acceptors (Lipinski definition) is 4. The van der Waals surface area contributed by atoms with Gasteiger partial charge in [-0.25, -0.2) is 0 Å². The summed E-state index contributed by atoms with van der Waals surface area (Å²) in [5, 5.41) is 0. The van der Waals surface area contributed by atoms with Crippen molar-refractivity contribution in [3.8, 4) is 0 Å². The molecule has 0 bridgehead atoms. The number of nitrogens with zero attached hydrogens (tertiary/aromatic N) is 4. The molecule has 0 fully saturated rings. The van der Waals surface area contributed by atoms with Gasteiger partial charge in [0.15, 0.2) is 0 Å². The fourth-order valence-corrected chi connectivity index (χ4v) is 3.27. The molecule has 29 heavy (non-hydrogen) atoms. The zero-order chi connectivity index (χ0) is 18.8. The van der Waals surface area contributed by atoms with Crippen LogP contribution < -0.4 is 19.6 Å². The molecule has 0 saturated carbocycles. The van der Waals surface area contributed by atoms with Crippen LogP contribution in [-0.2, 0) is 21.1 Å². The average Bonchev–Trinajstić information content (AvgIpc) is 3.45. The largest absolute Gasteiger partial charge is 4.00 e. The summed E-state index contributed by atoms with van der Waals surface area (Å²) < 4.78 is 0. The van der Waals surface area contributed by atoms with Crippen LogP contribution in [0.4, 0.5) is 22.7 Å². The second kappa shape index (κ2) is 8.58. The third kappa shape index (κ3) is 3.94. The Morgan fingerprint density at radius 2 is 0.931 bits per heavy atom. The molecule has 144 valence electrons. The second-order valence-corrected chi connectivity index (χ2v) is 6.44. The Balaban J connectivity index is 0.00000205. The summed E-state index contributed by atoms with van der Waals surface area (Å²) in [7, 11) is 0. The Kier molecular flexibility index (Phi) is 5.73. The molecule has 0 atom stereocenters. The van der Waals surface area contributed by atoms with Crippen molar-refractivity contribution in [2.24, 2.45) is 0 Å². The van der Waals surface area contributed by atoms with Gasteiger partial charge in [0.2, 0.25) is 0 Å². The van der Waals surface area contributed by atoms with E-state index < -0.39 is 0 Å². The van der Waals surface area contributed by atoms with Crippen LogP contribution in [0.1, 0.15) is 0 Å². The van der Waals surface area contributed by atoms with E-state index in [9.17, 15) is 0 Å². The first-order chi connectivity index (χ1) is 13.9. The van der Waals surface area contributed by atoms with Crippen LogP contribution in [0.15, 0.2) is 97.6 Å². The smallest absolute Gasteiger partial charge is 0.500 e. The summed E-state index contributed by atoms with van der Waals surface area (Å²) in [6, 6.07) is 30.8. The first-order valence-electron chi connectivity index (χ1n) is 9.11. The Bertz CT molecular complexity index is 921. The number of anilines is 4. The third-order valence-electron chi connectivity index (χ3n) is 4.65. The summed E-state index contributed by atoms with van der Waals surface area (Å²) in [5.74, 6) is 0. The Hall–Kier alpha value is -2.97. The monoisotopic (exact) mass is 557 g/mol. The van der Waals surface area contributed by atoms with Crippen molar-refractivity contribution in [2.45, 2.75) is 0 Å². The van der Waals surface area contributed by atoms with E-state index in [1.165, 1.54) is 0 Å². The number of hydrogen-bond donors (Lipinski definition) is 0. The van der Waals surface area contributed by atoms with E-state index in [1.807, 2.05) is 60.9 Å². The van der Waals surface area contributed by atoms with Gasteiger partial charge < -0.3 is 19.6 Å². The van der Waals surface area contributed by atoms with Gasteiger partial charge in [-0.05, 0) is 36.9 Å². The van der Waals surface area contributed by atoms with Crippen LogP contribution >= 0.6 is 0 Å². The Morgan fingerprint density at radius 3 is 1.34 bits per heavy atom. The van der Waals surface area contributed by atoms with Crippen LogP contribution in [-0.4, -0.2) is 0 Å². The van der Waals surface area contributed by atoms with Crippen molar-refractivity contribution in [2.75, 3.05) is 19.6 Å². The van der Waals surface area contributed by atoms with Crippen LogP contribution in [0, 0.1) is 25.5 Å². The molecule has 4 nitrogen and oxygen atoms in total. The second-order valence-electron chi connectivity index (χ2n) is 6.44. The molecule has 3 aromatic rings. The molecule has 0 spiro atoms. The van der Waals surface area contributed by atoms with Gasteiger partial charge in [-0.15, -0.1) is 24.7 Å². The standard InChI is InChI=1S/C24H18N4.Pt/c1-3-9-21(10-4-1)25-15-17-27(19-25)23-13-7-8-14-24(23)28-18-16-26(20-28)22-11-5-2-6-12-22;/h1-9,11,13-20H;/q-4;+4. The molecule has 0 amide bonds. The first kappa shape index (κ1) is 19.3. The first-order valence-corrected chi connectivity index (χ1v) is 9.11. The fraction of sp³-hybridized carbons (Fsp3) is 0. The Labute approximate surface area is 186 Å². The van der Waals surface area contributed by atoms with Crippen molar-refractivity contribution in [3.63, 3.8) is 0 Å². The van der Waals surface area contributed by atoms with E-state index in [2.05, 4.69) is 81.7 Å². The molecule has 0 radical (unpaired) electrons. The zero-order valence-corrected chi connectivity index (χ0v) is 17.8. The van der Waals surface area contributed by atoms with Gasteiger partial charge in [-0.2, -0.15) is 60.7 Å². The molecule has 2 aliphatic heterocycles. The molecular formula is C24H18N4Pt. The minimum atomic E-state index is 0. The molecule has 5 heteroatoms. The van der Waals surface area contributed by atoms with Gasteiger partial charge in [0, 0.05) is 11.4 Å². The molecule has 2 aliphatic rings. The normalized spacial score (nSPS) is 15.2. The van der Waals surface area contributed by atoms with Crippen molar-refractivity contribution in [1.29, 1.82) is 0 Å². The minimum Gasteiger partial charge on any atom is -0.500 e. The van der Waals surface area contributed by atoms with E-state index in [4.69, 9.17) is 0 Å². The number of para-hydroxylation sites is 4. The summed E-state index contributed by atoms with van der Waals surface area (Å²) in [5.41, 5.74) is 4.21. The zero-order valence-electron chi connectivity index (χ0n) is 15.5.